The van der Waals surface area contributed by atoms with Crippen LogP contribution in [0.4, 0.5) is 0 Å². The van der Waals surface area contributed by atoms with Gasteiger partial charge >= 0.3 is 5.97 Å². The second-order valence-corrected chi connectivity index (χ2v) is 21.3. The van der Waals surface area contributed by atoms with E-state index in [1.807, 2.05) is 72.8 Å². The molecule has 1 amide bonds. The normalized spacial score (nSPS) is 27.5. The lowest BCUT2D eigenvalue weighted by molar-refractivity contribution is -0.350. The van der Waals surface area contributed by atoms with Crippen molar-refractivity contribution in [3.8, 4) is 5.75 Å². The molecule has 3 aromatic carbocycles. The second-order valence-electron chi connectivity index (χ2n) is 16.5. The molecule has 3 N–H and O–H groups in total. The lowest BCUT2D eigenvalue weighted by Crippen LogP contribution is -2.68. The number of aliphatic hydroxyl groups is 2. The van der Waals surface area contributed by atoms with Crippen LogP contribution in [0.5, 0.6) is 5.75 Å². The van der Waals surface area contributed by atoms with Gasteiger partial charge in [-0.1, -0.05) is 93.6 Å². The Bertz CT molecular complexity index is 1740. The van der Waals surface area contributed by atoms with Gasteiger partial charge in [-0.05, 0) is 47.0 Å². The van der Waals surface area contributed by atoms with Crippen LogP contribution in [0.2, 0.25) is 18.1 Å². The molecule has 59 heavy (non-hydrogen) atoms. The van der Waals surface area contributed by atoms with Crippen LogP contribution in [0.15, 0.2) is 84.9 Å². The standard InChI is InChI=1S/C44H61NO13Si/c1-28(46)45-36-39(37(48)34(56-42(36)49)26-51-23-32-19-21-33(50-6)22-20-32)58-43-41(55-29(2)47)40(53-25-31-17-13-10-14-18-31)38(52-24-30-15-11-9-12-16-30)35(57-43)27-54-59(7,8)44(3,4)5/h9-22,34-43,48-49H,23-27H2,1-8H3,(H,45,46)/t34-,35-,36-,37+,38-,39-,40+,41-,42-,43+/m1/s1. The zero-order chi connectivity index (χ0) is 42.7. The molecule has 0 spiro atoms. The molecular formula is C44H61NO13Si. The molecule has 2 aliphatic rings. The maximum atomic E-state index is 12.9. The number of esters is 1. The Morgan fingerprint density at radius 1 is 0.729 bits per heavy atom. The maximum absolute atomic E-state index is 12.9. The number of ether oxygens (including phenoxy) is 8. The summed E-state index contributed by atoms with van der Waals surface area (Å²) in [6.07, 6.45) is -10.9. The fourth-order valence-electron chi connectivity index (χ4n) is 6.66. The number of carbonyl (C=O) groups is 2. The van der Waals surface area contributed by atoms with Crippen LogP contribution in [0, 0.1) is 0 Å². The van der Waals surface area contributed by atoms with E-state index < -0.39 is 81.5 Å². The first kappa shape index (κ1) is 46.3. The first-order chi connectivity index (χ1) is 28.1. The zero-order valence-electron chi connectivity index (χ0n) is 35.3. The summed E-state index contributed by atoms with van der Waals surface area (Å²) in [4.78, 5) is 25.4. The summed E-state index contributed by atoms with van der Waals surface area (Å²) in [6.45, 7) is 13.6. The minimum Gasteiger partial charge on any atom is -0.497 e. The van der Waals surface area contributed by atoms with E-state index in [9.17, 15) is 19.8 Å². The van der Waals surface area contributed by atoms with Gasteiger partial charge in [0.1, 0.15) is 48.4 Å². The van der Waals surface area contributed by atoms with Crippen LogP contribution in [-0.4, -0.2) is 112 Å². The smallest absolute Gasteiger partial charge is 0.303 e. The molecule has 3 aromatic rings. The third kappa shape index (κ3) is 12.9. The van der Waals surface area contributed by atoms with Gasteiger partial charge in [-0.3, -0.25) is 9.59 Å². The first-order valence-corrected chi connectivity index (χ1v) is 22.9. The quantitative estimate of drug-likeness (QED) is 0.115. The average molecular weight is 840 g/mol. The number of benzene rings is 3. The molecule has 14 nitrogen and oxygen atoms in total. The fourth-order valence-corrected chi connectivity index (χ4v) is 7.68. The minimum atomic E-state index is -2.37. The largest absolute Gasteiger partial charge is 0.497 e. The monoisotopic (exact) mass is 839 g/mol. The Kier molecular flexibility index (Phi) is 16.6. The van der Waals surface area contributed by atoms with Crippen LogP contribution >= 0.6 is 0 Å². The molecule has 2 saturated heterocycles. The number of nitrogens with one attached hydrogen (secondary N) is 1. The van der Waals surface area contributed by atoms with Crippen molar-refractivity contribution in [2.75, 3.05) is 20.3 Å². The van der Waals surface area contributed by atoms with Crippen LogP contribution in [-0.2, 0) is 67.0 Å². The summed E-state index contributed by atoms with van der Waals surface area (Å²) in [6, 6.07) is 25.2. The number of hydrogen-bond donors (Lipinski definition) is 3. The molecule has 2 heterocycles. The summed E-state index contributed by atoms with van der Waals surface area (Å²) < 4.78 is 56.4. The number of aliphatic hydroxyl groups excluding tert-OH is 2. The first-order valence-electron chi connectivity index (χ1n) is 20.0. The number of methoxy groups -OCH3 is 1. The Morgan fingerprint density at radius 2 is 1.31 bits per heavy atom. The molecule has 2 aliphatic heterocycles. The molecule has 10 atom stereocenters. The van der Waals surface area contributed by atoms with E-state index in [0.717, 1.165) is 16.7 Å². The SMILES string of the molecule is COc1ccc(COC[C@H]2O[C@@H](O)[C@H](NC(C)=O)[C@@H](O[C@@H]3O[C@H](CO[Si](C)(C)C(C)(C)C)[C@@H](OCc4ccccc4)[C@H](OCc4ccccc4)[C@H]3OC(C)=O)[C@H]2O)cc1. The number of hydrogen-bond acceptors (Lipinski definition) is 13. The Labute approximate surface area is 348 Å². The van der Waals surface area contributed by atoms with Gasteiger partial charge in [-0.2, -0.15) is 0 Å². The number of amides is 1. The van der Waals surface area contributed by atoms with E-state index in [-0.39, 0.29) is 38.1 Å². The van der Waals surface area contributed by atoms with Crippen molar-refractivity contribution in [3.63, 3.8) is 0 Å². The van der Waals surface area contributed by atoms with Gasteiger partial charge in [-0.15, -0.1) is 0 Å². The van der Waals surface area contributed by atoms with E-state index in [0.29, 0.717) is 5.75 Å². The van der Waals surface area contributed by atoms with E-state index in [1.54, 1.807) is 19.2 Å². The highest BCUT2D eigenvalue weighted by molar-refractivity contribution is 6.74. The van der Waals surface area contributed by atoms with Crippen LogP contribution in [0.3, 0.4) is 0 Å². The molecule has 0 bridgehead atoms. The van der Waals surface area contributed by atoms with Crippen LogP contribution in [0.25, 0.3) is 0 Å². The third-order valence-electron chi connectivity index (χ3n) is 10.9. The van der Waals surface area contributed by atoms with E-state index >= 15 is 0 Å². The molecule has 0 radical (unpaired) electrons. The molecule has 15 heteroatoms. The topological polar surface area (TPSA) is 170 Å². The highest BCUT2D eigenvalue weighted by Crippen LogP contribution is 2.39. The van der Waals surface area contributed by atoms with Gasteiger partial charge in [-0.25, -0.2) is 0 Å². The van der Waals surface area contributed by atoms with Crippen molar-refractivity contribution in [1.82, 2.24) is 5.32 Å². The summed E-state index contributed by atoms with van der Waals surface area (Å²) in [5.41, 5.74) is 2.61. The lowest BCUT2D eigenvalue weighted by Gasteiger charge is -2.49. The molecule has 324 valence electrons. The van der Waals surface area contributed by atoms with Gasteiger partial charge in [0.05, 0.1) is 40.1 Å². The molecular weight excluding hydrogens is 779 g/mol. The summed E-state index contributed by atoms with van der Waals surface area (Å²) >= 11 is 0. The third-order valence-corrected chi connectivity index (χ3v) is 15.4. The van der Waals surface area contributed by atoms with E-state index in [4.69, 9.17) is 42.3 Å². The Balaban J connectivity index is 1.49. The van der Waals surface area contributed by atoms with Crippen LogP contribution in [0.1, 0.15) is 51.3 Å². The molecule has 5 rings (SSSR count). The van der Waals surface area contributed by atoms with Gasteiger partial charge in [0.2, 0.25) is 5.91 Å². The Morgan fingerprint density at radius 3 is 1.85 bits per heavy atom. The van der Waals surface area contributed by atoms with Crippen molar-refractivity contribution in [3.05, 3.63) is 102 Å². The molecule has 2 fully saturated rings. The van der Waals surface area contributed by atoms with Gasteiger partial charge in [0.15, 0.2) is 27.0 Å². The lowest BCUT2D eigenvalue weighted by atomic mass is 9.95. The van der Waals surface area contributed by atoms with Crippen molar-refractivity contribution in [2.45, 2.75) is 134 Å². The second kappa shape index (κ2) is 21.2. The predicted octanol–water partition coefficient (Wildman–Crippen LogP) is 5.03. The van der Waals surface area contributed by atoms with E-state index in [2.05, 4.69) is 39.2 Å². The predicted molar refractivity (Wildman–Crippen MR) is 219 cm³/mol. The minimum absolute atomic E-state index is 0.0731. The highest BCUT2D eigenvalue weighted by atomic mass is 28.4. The van der Waals surface area contributed by atoms with Crippen molar-refractivity contribution >= 4 is 20.2 Å². The van der Waals surface area contributed by atoms with E-state index in [1.165, 1.54) is 13.8 Å². The molecule has 0 aromatic heterocycles. The van der Waals surface area contributed by atoms with Gasteiger partial charge < -0.3 is 57.9 Å². The number of carbonyl (C=O) groups excluding carboxylic acids is 2. The van der Waals surface area contributed by atoms with Crippen molar-refractivity contribution in [1.29, 1.82) is 0 Å². The fraction of sp³-hybridized carbons (Fsp3) is 0.545. The number of rotatable bonds is 18. The summed E-state index contributed by atoms with van der Waals surface area (Å²) in [5, 5.41) is 25.7. The van der Waals surface area contributed by atoms with Crippen molar-refractivity contribution < 1.29 is 62.1 Å². The molecule has 0 aliphatic carbocycles. The van der Waals surface area contributed by atoms with Gasteiger partial charge in [0.25, 0.3) is 0 Å². The maximum Gasteiger partial charge on any atom is 0.303 e. The van der Waals surface area contributed by atoms with Crippen LogP contribution < -0.4 is 10.1 Å². The molecule has 0 saturated carbocycles. The summed E-state index contributed by atoms with van der Waals surface area (Å²) in [5.74, 6) is -0.457. The zero-order valence-corrected chi connectivity index (χ0v) is 36.3. The summed E-state index contributed by atoms with van der Waals surface area (Å²) in [7, 11) is -0.786. The van der Waals surface area contributed by atoms with Gasteiger partial charge in [0, 0.05) is 13.8 Å². The average Bonchev–Trinajstić information content (AvgIpc) is 3.20. The highest BCUT2D eigenvalue weighted by Gasteiger charge is 2.54. The Hall–Kier alpha value is -3.74. The molecule has 0 unspecified atom stereocenters. The van der Waals surface area contributed by atoms with Crippen molar-refractivity contribution in [2.24, 2.45) is 0 Å².